The summed E-state index contributed by atoms with van der Waals surface area (Å²) in [6, 6.07) is 0. The van der Waals surface area contributed by atoms with E-state index in [1.54, 1.807) is 0 Å². The number of hydrogen-bond acceptors (Lipinski definition) is 7. The van der Waals surface area contributed by atoms with Crippen LogP contribution < -0.4 is 0 Å². The number of carboxylic acids is 1. The van der Waals surface area contributed by atoms with E-state index in [2.05, 4.69) is 38.2 Å². The lowest BCUT2D eigenvalue weighted by molar-refractivity contribution is -0.870. The predicted octanol–water partition coefficient (Wildman–Crippen LogP) is 27.7. The summed E-state index contributed by atoms with van der Waals surface area (Å²) >= 11 is 0. The minimum absolute atomic E-state index is 0.173. The molecule has 568 valence electrons. The van der Waals surface area contributed by atoms with Gasteiger partial charge >= 0.3 is 17.9 Å². The zero-order chi connectivity index (χ0) is 69.7. The lowest BCUT2D eigenvalue weighted by Gasteiger charge is -2.25. The van der Waals surface area contributed by atoms with Crippen molar-refractivity contribution in [2.75, 3.05) is 47.5 Å². The number of aliphatic carboxylic acids is 1. The molecule has 0 heterocycles. The molecule has 0 aliphatic rings. The number of unbranched alkanes of at least 4 members (excludes halogenated alkanes) is 63. The maximum Gasteiger partial charge on any atom is 0.361 e. The molecular weight excluding hydrogens is 1190 g/mol. The largest absolute Gasteiger partial charge is 0.477 e. The number of carbonyl (C=O) groups is 3. The number of likely N-dealkylation sites (N-methyl/N-ethyl adjacent to an activating group) is 1. The fourth-order valence-corrected chi connectivity index (χ4v) is 13.4. The maximum atomic E-state index is 13.0. The second-order valence-corrected chi connectivity index (χ2v) is 30.9. The molecule has 0 spiro atoms. The van der Waals surface area contributed by atoms with E-state index in [1.807, 2.05) is 21.1 Å². The third-order valence-electron chi connectivity index (χ3n) is 20.0. The molecule has 9 heteroatoms. The Morgan fingerprint density at radius 2 is 0.562 bits per heavy atom. The van der Waals surface area contributed by atoms with Crippen LogP contribution in [0.2, 0.25) is 0 Å². The average molecular weight is 1360 g/mol. The van der Waals surface area contributed by atoms with Crippen LogP contribution in [0.3, 0.4) is 0 Å². The molecule has 0 aromatic heterocycles. The van der Waals surface area contributed by atoms with Crippen molar-refractivity contribution >= 4 is 17.9 Å². The molecule has 0 saturated carbocycles. The standard InChI is InChI=1S/C87H167NO8/c1-6-8-10-12-14-16-18-20-22-24-26-28-30-32-34-36-38-40-42-44-45-47-49-51-53-55-57-59-61-63-65-67-69-71-73-75-77-84(89)94-81-83(82-95-87(86(91)92)93-80-79-88(3,4)5)96-85(90)78-76-74-72-70-68-66-64-62-60-58-56-54-52-50-48-46-43-41-39-37-35-33-31-29-27-25-23-21-19-17-15-13-11-9-7-2/h19,21,25,27,83,87H,6-18,20,22-24,26,28-82H2,1-5H3/p+1/b21-19-,27-25-. The van der Waals surface area contributed by atoms with Crippen molar-refractivity contribution in [3.8, 4) is 0 Å². The average Bonchev–Trinajstić information content (AvgIpc) is 2.43. The minimum Gasteiger partial charge on any atom is -0.477 e. The Balaban J connectivity index is 3.91. The first kappa shape index (κ1) is 93.8. The molecule has 0 saturated heterocycles. The number of nitrogens with zero attached hydrogens (tertiary/aromatic N) is 1. The molecule has 0 rings (SSSR count). The van der Waals surface area contributed by atoms with Crippen molar-refractivity contribution in [3.05, 3.63) is 24.3 Å². The molecule has 9 nitrogen and oxygen atoms in total. The Labute approximate surface area is 598 Å². The number of allylic oxidation sites excluding steroid dienone is 4. The lowest BCUT2D eigenvalue weighted by atomic mass is 10.0. The molecule has 1 N–H and O–H groups in total. The van der Waals surface area contributed by atoms with Crippen LogP contribution in [0.5, 0.6) is 0 Å². The van der Waals surface area contributed by atoms with Crippen molar-refractivity contribution in [2.24, 2.45) is 0 Å². The molecule has 0 aromatic carbocycles. The van der Waals surface area contributed by atoms with Crippen molar-refractivity contribution in [3.63, 3.8) is 0 Å². The van der Waals surface area contributed by atoms with Crippen molar-refractivity contribution < 1.29 is 42.9 Å². The Hall–Kier alpha value is -2.23. The number of carboxylic acid groups (broad SMARTS) is 1. The molecule has 0 bridgehead atoms. The summed E-state index contributed by atoms with van der Waals surface area (Å²) in [5.41, 5.74) is 0. The van der Waals surface area contributed by atoms with Gasteiger partial charge in [-0.1, -0.05) is 423 Å². The third kappa shape index (κ3) is 79.1. The van der Waals surface area contributed by atoms with Crippen LogP contribution >= 0.6 is 0 Å². The zero-order valence-electron chi connectivity index (χ0n) is 65.3. The Morgan fingerprint density at radius 3 is 0.823 bits per heavy atom. The lowest BCUT2D eigenvalue weighted by Crippen LogP contribution is -2.40. The van der Waals surface area contributed by atoms with Gasteiger partial charge in [-0.2, -0.15) is 0 Å². The second kappa shape index (κ2) is 78.5. The highest BCUT2D eigenvalue weighted by atomic mass is 16.7. The van der Waals surface area contributed by atoms with E-state index in [0.29, 0.717) is 17.4 Å². The smallest absolute Gasteiger partial charge is 0.361 e. The fourth-order valence-electron chi connectivity index (χ4n) is 13.4. The number of hydrogen-bond donors (Lipinski definition) is 1. The van der Waals surface area contributed by atoms with Gasteiger partial charge in [0, 0.05) is 12.8 Å². The maximum absolute atomic E-state index is 13.0. The first-order chi connectivity index (χ1) is 47.1. The van der Waals surface area contributed by atoms with Crippen molar-refractivity contribution in [1.82, 2.24) is 0 Å². The molecular formula is C87H168NO8+. The fraction of sp³-hybridized carbons (Fsp3) is 0.920. The van der Waals surface area contributed by atoms with E-state index < -0.39 is 18.4 Å². The summed E-state index contributed by atoms with van der Waals surface area (Å²) in [6.07, 6.45) is 98.0. The SMILES string of the molecule is CCCCCCC/C=C\C/C=C\CCCCCCCCCCCCCCCCCCCCCCCCCC(=O)OC(COC(=O)CCCCCCCCCCCCCCCCCCCCCCCCCCCCCCCCCCCCCC)COC(OCC[N+](C)(C)C)C(=O)O. The van der Waals surface area contributed by atoms with Crippen LogP contribution in [-0.4, -0.2) is 87.4 Å². The van der Waals surface area contributed by atoms with E-state index >= 15 is 0 Å². The van der Waals surface area contributed by atoms with Gasteiger partial charge in [0.2, 0.25) is 0 Å². The number of esters is 2. The van der Waals surface area contributed by atoms with Crippen LogP contribution in [0.1, 0.15) is 457 Å². The summed E-state index contributed by atoms with van der Waals surface area (Å²) in [7, 11) is 6.01. The van der Waals surface area contributed by atoms with Gasteiger partial charge in [-0.3, -0.25) is 9.59 Å². The van der Waals surface area contributed by atoms with E-state index in [1.165, 1.54) is 385 Å². The molecule has 96 heavy (non-hydrogen) atoms. The summed E-state index contributed by atoms with van der Waals surface area (Å²) in [5.74, 6) is -1.96. The summed E-state index contributed by atoms with van der Waals surface area (Å²) in [5, 5.41) is 9.78. The van der Waals surface area contributed by atoms with Gasteiger partial charge in [0.15, 0.2) is 6.10 Å². The molecule has 0 aromatic rings. The first-order valence-electron chi connectivity index (χ1n) is 43.0. The second-order valence-electron chi connectivity index (χ2n) is 30.9. The summed E-state index contributed by atoms with van der Waals surface area (Å²) in [6.45, 7) is 4.96. The predicted molar refractivity (Wildman–Crippen MR) is 415 cm³/mol. The van der Waals surface area contributed by atoms with Gasteiger partial charge in [0.1, 0.15) is 13.2 Å². The topological polar surface area (TPSA) is 108 Å². The van der Waals surface area contributed by atoms with Crippen LogP contribution in [-0.2, 0) is 33.3 Å². The van der Waals surface area contributed by atoms with Crippen LogP contribution in [0, 0.1) is 0 Å². The zero-order valence-corrected chi connectivity index (χ0v) is 65.3. The van der Waals surface area contributed by atoms with Gasteiger partial charge < -0.3 is 28.5 Å². The summed E-state index contributed by atoms with van der Waals surface area (Å²) in [4.78, 5) is 37.8. The Morgan fingerprint density at radius 1 is 0.312 bits per heavy atom. The molecule has 2 atom stereocenters. The quantitative estimate of drug-likeness (QED) is 0.0211. The van der Waals surface area contributed by atoms with E-state index in [-0.39, 0.29) is 38.2 Å². The first-order valence-corrected chi connectivity index (χ1v) is 43.0. The monoisotopic (exact) mass is 1360 g/mol. The molecule has 2 unspecified atom stereocenters. The van der Waals surface area contributed by atoms with E-state index in [9.17, 15) is 19.5 Å². The highest BCUT2D eigenvalue weighted by Gasteiger charge is 2.25. The van der Waals surface area contributed by atoms with Gasteiger partial charge in [-0.05, 0) is 44.9 Å². The highest BCUT2D eigenvalue weighted by molar-refractivity contribution is 5.71. The number of carbonyl (C=O) groups excluding carboxylic acids is 2. The van der Waals surface area contributed by atoms with Crippen molar-refractivity contribution in [1.29, 1.82) is 0 Å². The van der Waals surface area contributed by atoms with Gasteiger partial charge in [0.25, 0.3) is 6.29 Å². The summed E-state index contributed by atoms with van der Waals surface area (Å²) < 4.78 is 23.1. The molecule has 0 radical (unpaired) electrons. The van der Waals surface area contributed by atoms with Gasteiger partial charge in [-0.25, -0.2) is 4.79 Å². The molecule has 0 amide bonds. The molecule has 0 aliphatic carbocycles. The van der Waals surface area contributed by atoms with Crippen LogP contribution in [0.15, 0.2) is 24.3 Å². The Bertz CT molecular complexity index is 1630. The van der Waals surface area contributed by atoms with Gasteiger partial charge in [-0.15, -0.1) is 0 Å². The number of ether oxygens (including phenoxy) is 4. The van der Waals surface area contributed by atoms with Crippen LogP contribution in [0.4, 0.5) is 0 Å². The van der Waals surface area contributed by atoms with Gasteiger partial charge in [0.05, 0.1) is 34.4 Å². The van der Waals surface area contributed by atoms with Crippen LogP contribution in [0.25, 0.3) is 0 Å². The molecule has 0 aliphatic heterocycles. The van der Waals surface area contributed by atoms with E-state index in [4.69, 9.17) is 18.9 Å². The number of quaternary nitrogens is 1. The Kier molecular flexibility index (Phi) is 76.7. The highest BCUT2D eigenvalue weighted by Crippen LogP contribution is 2.21. The number of rotatable bonds is 82. The van der Waals surface area contributed by atoms with Crippen molar-refractivity contribution in [2.45, 2.75) is 469 Å². The molecule has 0 fully saturated rings. The minimum atomic E-state index is -1.51. The third-order valence-corrected chi connectivity index (χ3v) is 20.0. The van der Waals surface area contributed by atoms with E-state index in [0.717, 1.165) is 44.9 Å². The normalized spacial score (nSPS) is 12.6.